The lowest BCUT2D eigenvalue weighted by Gasteiger charge is -2.35. The molecule has 2 saturated heterocycles. The number of carboxylic acids is 1. The molecule has 10 nitrogen and oxygen atoms in total. The van der Waals surface area contributed by atoms with E-state index in [9.17, 15) is 14.3 Å². The fourth-order valence-corrected chi connectivity index (χ4v) is 5.44. The number of hydrogen-bond donors (Lipinski definition) is 1. The normalized spacial score (nSPS) is 18.5. The molecule has 4 heterocycles. The molecule has 4 aromatic rings. The maximum Gasteiger partial charge on any atom is 0.335 e. The molecule has 11 heteroatoms. The number of rotatable bonds is 9. The number of fused-ring (bicyclic) bond motifs is 1. The van der Waals surface area contributed by atoms with Gasteiger partial charge in [0.1, 0.15) is 18.2 Å². The van der Waals surface area contributed by atoms with Crippen LogP contribution in [-0.2, 0) is 24.4 Å². The summed E-state index contributed by atoms with van der Waals surface area (Å²) in [6.07, 6.45) is 5.03. The number of imidazole rings is 1. The Hall–Kier alpha value is -4.53. The first-order valence-corrected chi connectivity index (χ1v) is 15.1. The molecule has 226 valence electrons. The average molecular weight is 597 g/mol. The van der Waals surface area contributed by atoms with E-state index in [1.54, 1.807) is 36.5 Å². The number of aromatic carboxylic acids is 1. The molecule has 1 N–H and O–H groups in total. The van der Waals surface area contributed by atoms with Gasteiger partial charge in [0.15, 0.2) is 0 Å². The fourth-order valence-electron chi connectivity index (χ4n) is 5.44. The Balaban J connectivity index is 0.975. The van der Waals surface area contributed by atoms with Gasteiger partial charge in [-0.3, -0.25) is 4.90 Å². The molecule has 3 aliphatic rings. The molecule has 7 rings (SSSR count). The Morgan fingerprint density at radius 1 is 1.07 bits per heavy atom. The second-order valence-electron chi connectivity index (χ2n) is 11.5. The van der Waals surface area contributed by atoms with Crippen molar-refractivity contribution in [3.8, 4) is 17.7 Å². The number of carbonyl (C=O) groups is 1. The molecular formula is C33H33FN6O4. The van der Waals surface area contributed by atoms with Crippen molar-refractivity contribution in [2.45, 2.75) is 45.1 Å². The van der Waals surface area contributed by atoms with E-state index in [4.69, 9.17) is 14.5 Å². The number of ether oxygens (including phenoxy) is 2. The zero-order chi connectivity index (χ0) is 30.0. The van der Waals surface area contributed by atoms with Crippen molar-refractivity contribution in [2.24, 2.45) is 5.92 Å². The quantitative estimate of drug-likeness (QED) is 0.286. The van der Waals surface area contributed by atoms with Crippen molar-refractivity contribution in [2.75, 3.05) is 37.7 Å². The number of anilines is 1. The fraction of sp³-hybridized carbons (Fsp3) is 0.394. The van der Waals surface area contributed by atoms with Gasteiger partial charge in [-0.25, -0.2) is 19.2 Å². The highest BCUT2D eigenvalue weighted by Gasteiger charge is 2.25. The zero-order valence-corrected chi connectivity index (χ0v) is 24.3. The molecule has 44 heavy (non-hydrogen) atoms. The van der Waals surface area contributed by atoms with Gasteiger partial charge in [0.25, 0.3) is 0 Å². The number of aromatic nitrogens is 4. The SMILES string of the molecule is O=C(O)c1ccc2nc(CN3CCN(c4nccc(OCc5ccc(C#CC6CC6)cc5F)n4)CC3)n(CC3CCO3)c2c1. The van der Waals surface area contributed by atoms with E-state index in [-0.39, 0.29) is 24.1 Å². The second-order valence-corrected chi connectivity index (χ2v) is 11.5. The maximum absolute atomic E-state index is 14.6. The summed E-state index contributed by atoms with van der Waals surface area (Å²) >= 11 is 0. The smallest absolute Gasteiger partial charge is 0.335 e. The van der Waals surface area contributed by atoms with Crippen molar-refractivity contribution >= 4 is 23.0 Å². The van der Waals surface area contributed by atoms with Crippen LogP contribution >= 0.6 is 0 Å². The molecule has 3 fully saturated rings. The Labute approximate surface area is 254 Å². The van der Waals surface area contributed by atoms with E-state index in [1.807, 2.05) is 6.07 Å². The summed E-state index contributed by atoms with van der Waals surface area (Å²) in [5.74, 6) is 7.23. The molecule has 0 radical (unpaired) electrons. The molecule has 2 aromatic carbocycles. The number of carboxylic acid groups (broad SMARTS) is 1. The van der Waals surface area contributed by atoms with Gasteiger partial charge < -0.3 is 24.0 Å². The Bertz CT molecular complexity index is 1750. The third kappa shape index (κ3) is 6.37. The minimum Gasteiger partial charge on any atom is -0.478 e. The second kappa shape index (κ2) is 12.2. The van der Waals surface area contributed by atoms with Crippen LogP contribution in [0.15, 0.2) is 48.7 Å². The minimum absolute atomic E-state index is 0.0628. The number of benzene rings is 2. The topological polar surface area (TPSA) is 106 Å². The Morgan fingerprint density at radius 3 is 2.64 bits per heavy atom. The van der Waals surface area contributed by atoms with Crippen molar-refractivity contribution in [1.82, 2.24) is 24.4 Å². The summed E-state index contributed by atoms with van der Waals surface area (Å²) < 4.78 is 28.3. The van der Waals surface area contributed by atoms with Crippen molar-refractivity contribution in [1.29, 1.82) is 0 Å². The molecule has 2 aromatic heterocycles. The summed E-state index contributed by atoms with van der Waals surface area (Å²) in [5.41, 5.74) is 2.98. The predicted octanol–water partition coefficient (Wildman–Crippen LogP) is 4.12. The van der Waals surface area contributed by atoms with Crippen LogP contribution in [0.1, 0.15) is 46.6 Å². The lowest BCUT2D eigenvalue weighted by atomic mass is 10.1. The van der Waals surface area contributed by atoms with Crippen molar-refractivity contribution in [3.05, 3.63) is 77.0 Å². The molecule has 1 saturated carbocycles. The van der Waals surface area contributed by atoms with Crippen molar-refractivity contribution in [3.63, 3.8) is 0 Å². The van der Waals surface area contributed by atoms with Gasteiger partial charge in [0, 0.05) is 62.1 Å². The number of halogens is 1. The molecule has 1 unspecified atom stereocenters. The van der Waals surface area contributed by atoms with Gasteiger partial charge in [0.2, 0.25) is 11.8 Å². The van der Waals surface area contributed by atoms with Crippen LogP contribution in [0.3, 0.4) is 0 Å². The zero-order valence-electron chi connectivity index (χ0n) is 24.3. The standard InChI is InChI=1S/C33H33FN6O4/c34-27-17-23(4-3-22-1-2-22)5-6-25(27)21-44-31-9-11-35-33(37-31)39-14-12-38(13-15-39)20-30-36-28-8-7-24(32(41)42)18-29(28)40(30)19-26-10-16-43-26/h5-9,11,17-18,22,26H,1-2,10,12-16,19-21H2,(H,41,42). The predicted molar refractivity (Wildman–Crippen MR) is 161 cm³/mol. The number of nitrogens with zero attached hydrogens (tertiary/aromatic N) is 6. The van der Waals surface area contributed by atoms with Gasteiger partial charge in [-0.1, -0.05) is 17.9 Å². The molecule has 1 aliphatic carbocycles. The van der Waals surface area contributed by atoms with Crippen molar-refractivity contribution < 1.29 is 23.8 Å². The first-order chi connectivity index (χ1) is 21.5. The lowest BCUT2D eigenvalue weighted by Crippen LogP contribution is -2.47. The summed E-state index contributed by atoms with van der Waals surface area (Å²) in [6.45, 7) is 5.10. The van der Waals surface area contributed by atoms with Gasteiger partial charge >= 0.3 is 5.97 Å². The number of hydrogen-bond acceptors (Lipinski definition) is 8. The molecule has 1 atom stereocenters. The van der Waals surface area contributed by atoms with Crippen LogP contribution in [0.4, 0.5) is 10.3 Å². The van der Waals surface area contributed by atoms with Gasteiger partial charge in [0.05, 0.1) is 35.8 Å². The van der Waals surface area contributed by atoms with Crippen LogP contribution < -0.4 is 9.64 Å². The van der Waals surface area contributed by atoms with E-state index >= 15 is 0 Å². The Morgan fingerprint density at radius 2 is 1.91 bits per heavy atom. The van der Waals surface area contributed by atoms with Crippen LogP contribution in [0, 0.1) is 23.6 Å². The molecular weight excluding hydrogens is 563 g/mol. The summed E-state index contributed by atoms with van der Waals surface area (Å²) in [4.78, 5) is 30.0. The first-order valence-electron chi connectivity index (χ1n) is 15.1. The third-order valence-electron chi connectivity index (χ3n) is 8.32. The summed E-state index contributed by atoms with van der Waals surface area (Å²) in [7, 11) is 0. The molecule has 0 spiro atoms. The largest absolute Gasteiger partial charge is 0.478 e. The third-order valence-corrected chi connectivity index (χ3v) is 8.32. The van der Waals surface area contributed by atoms with Gasteiger partial charge in [-0.15, -0.1) is 0 Å². The Kier molecular flexibility index (Phi) is 7.85. The van der Waals surface area contributed by atoms with Crippen LogP contribution in [0.2, 0.25) is 0 Å². The summed E-state index contributed by atoms with van der Waals surface area (Å²) in [6, 6.07) is 11.8. The first kappa shape index (κ1) is 28.3. The average Bonchev–Trinajstić information content (AvgIpc) is 3.78. The molecule has 0 bridgehead atoms. The monoisotopic (exact) mass is 596 g/mol. The van der Waals surface area contributed by atoms with Crippen LogP contribution in [-0.4, -0.2) is 74.4 Å². The van der Waals surface area contributed by atoms with Crippen LogP contribution in [0.5, 0.6) is 5.88 Å². The number of piperazine rings is 1. The maximum atomic E-state index is 14.6. The van der Waals surface area contributed by atoms with Crippen LogP contribution in [0.25, 0.3) is 11.0 Å². The van der Waals surface area contributed by atoms with E-state index in [0.717, 1.165) is 68.9 Å². The van der Waals surface area contributed by atoms with E-state index in [0.29, 0.717) is 42.0 Å². The van der Waals surface area contributed by atoms with E-state index in [1.165, 1.54) is 6.07 Å². The lowest BCUT2D eigenvalue weighted by molar-refractivity contribution is -0.0592. The molecule has 0 amide bonds. The van der Waals surface area contributed by atoms with E-state index in [2.05, 4.69) is 36.2 Å². The van der Waals surface area contributed by atoms with E-state index < -0.39 is 5.97 Å². The minimum atomic E-state index is -0.954. The molecule has 2 aliphatic heterocycles. The highest BCUT2D eigenvalue weighted by molar-refractivity contribution is 5.92. The van der Waals surface area contributed by atoms with Gasteiger partial charge in [-0.2, -0.15) is 4.98 Å². The highest BCUT2D eigenvalue weighted by Crippen LogP contribution is 2.28. The summed E-state index contributed by atoms with van der Waals surface area (Å²) in [5, 5.41) is 9.51. The van der Waals surface area contributed by atoms with Gasteiger partial charge in [-0.05, 0) is 49.6 Å². The highest BCUT2D eigenvalue weighted by atomic mass is 19.1.